The number of rotatable bonds is 4. The second kappa shape index (κ2) is 5.30. The molecule has 18 heavy (non-hydrogen) atoms. The summed E-state index contributed by atoms with van der Waals surface area (Å²) in [5.74, 6) is -1.10. The molecule has 8 heteroatoms. The maximum absolute atomic E-state index is 12.2. The Morgan fingerprint density at radius 3 is 2.78 bits per heavy atom. The second-order valence-electron chi connectivity index (χ2n) is 3.46. The largest absolute Gasteiger partial charge is 0.452 e. The van der Waals surface area contributed by atoms with Gasteiger partial charge in [0.05, 0.1) is 0 Å². The van der Waals surface area contributed by atoms with E-state index in [1.807, 2.05) is 12.1 Å². The predicted molar refractivity (Wildman–Crippen MR) is 61.3 cm³/mol. The smallest absolute Gasteiger partial charge is 0.360 e. The highest BCUT2D eigenvalue weighted by Crippen LogP contribution is 2.28. The van der Waals surface area contributed by atoms with Gasteiger partial charge in [-0.3, -0.25) is 4.98 Å². The molecule has 0 amide bonds. The summed E-state index contributed by atoms with van der Waals surface area (Å²) in [5.41, 5.74) is 1.01. The van der Waals surface area contributed by atoms with Crippen LogP contribution < -0.4 is 5.32 Å². The summed E-state index contributed by atoms with van der Waals surface area (Å²) in [6.07, 6.45) is -0.450. The van der Waals surface area contributed by atoms with Gasteiger partial charge in [0.15, 0.2) is 0 Å². The maximum Gasteiger partial charge on any atom is 0.452 e. The fourth-order valence-electron chi connectivity index (χ4n) is 1.27. The summed E-state index contributed by atoms with van der Waals surface area (Å²) < 4.78 is 39.9. The van der Waals surface area contributed by atoms with E-state index < -0.39 is 12.0 Å². The van der Waals surface area contributed by atoms with Crippen LogP contribution in [0.2, 0.25) is 0 Å². The van der Waals surface area contributed by atoms with E-state index in [4.69, 9.17) is 0 Å². The van der Waals surface area contributed by atoms with Crippen molar-refractivity contribution in [1.82, 2.24) is 14.3 Å². The van der Waals surface area contributed by atoms with Gasteiger partial charge in [-0.1, -0.05) is 6.07 Å². The molecule has 0 saturated heterocycles. The van der Waals surface area contributed by atoms with Crippen LogP contribution in [0.3, 0.4) is 0 Å². The maximum atomic E-state index is 12.2. The Hall–Kier alpha value is -1.70. The van der Waals surface area contributed by atoms with Crippen molar-refractivity contribution in [1.29, 1.82) is 0 Å². The third-order valence-electron chi connectivity index (χ3n) is 2.09. The van der Waals surface area contributed by atoms with Crippen molar-refractivity contribution in [3.05, 3.63) is 35.9 Å². The van der Waals surface area contributed by atoms with E-state index in [0.29, 0.717) is 24.5 Å². The Bertz CT molecular complexity index is 497. The first-order valence-electron chi connectivity index (χ1n) is 5.09. The Morgan fingerprint density at radius 1 is 1.33 bits per heavy atom. The average molecular weight is 274 g/mol. The van der Waals surface area contributed by atoms with Crippen molar-refractivity contribution >= 4 is 16.7 Å². The molecule has 2 aromatic rings. The first-order valence-corrected chi connectivity index (χ1v) is 5.87. The number of nitrogens with zero attached hydrogens (tertiary/aromatic N) is 3. The van der Waals surface area contributed by atoms with E-state index in [1.165, 1.54) is 0 Å². The van der Waals surface area contributed by atoms with Gasteiger partial charge in [-0.2, -0.15) is 22.5 Å². The van der Waals surface area contributed by atoms with Gasteiger partial charge in [-0.05, 0) is 18.1 Å². The quantitative estimate of drug-likeness (QED) is 0.931. The number of hydrogen-bond acceptors (Lipinski definition) is 5. The summed E-state index contributed by atoms with van der Waals surface area (Å²) in [5, 5.41) is 2.98. The Labute approximate surface area is 105 Å². The van der Waals surface area contributed by atoms with Crippen LogP contribution >= 0.6 is 11.5 Å². The van der Waals surface area contributed by atoms with E-state index in [9.17, 15) is 13.2 Å². The molecule has 0 aliphatic carbocycles. The first-order chi connectivity index (χ1) is 8.55. The van der Waals surface area contributed by atoms with Crippen LogP contribution in [0.5, 0.6) is 0 Å². The van der Waals surface area contributed by atoms with Crippen LogP contribution in [-0.4, -0.2) is 20.9 Å². The Morgan fingerprint density at radius 2 is 2.17 bits per heavy atom. The van der Waals surface area contributed by atoms with Crippen LogP contribution in [0, 0.1) is 0 Å². The van der Waals surface area contributed by atoms with E-state index >= 15 is 0 Å². The number of pyridine rings is 1. The van der Waals surface area contributed by atoms with E-state index in [-0.39, 0.29) is 5.13 Å². The molecule has 0 aromatic carbocycles. The lowest BCUT2D eigenvalue weighted by molar-refractivity contribution is -0.144. The molecule has 0 aliphatic rings. The summed E-state index contributed by atoms with van der Waals surface area (Å²) in [4.78, 5) is 7.31. The van der Waals surface area contributed by atoms with Gasteiger partial charge in [0.2, 0.25) is 11.0 Å². The molecule has 0 atom stereocenters. The Balaban J connectivity index is 1.86. The lowest BCUT2D eigenvalue weighted by Gasteiger charge is -2.02. The van der Waals surface area contributed by atoms with Crippen molar-refractivity contribution in [2.75, 3.05) is 11.9 Å². The van der Waals surface area contributed by atoms with Crippen molar-refractivity contribution in [2.24, 2.45) is 0 Å². The Kier molecular flexibility index (Phi) is 3.75. The molecule has 96 valence electrons. The van der Waals surface area contributed by atoms with Gasteiger partial charge >= 0.3 is 6.18 Å². The van der Waals surface area contributed by atoms with Crippen LogP contribution in [0.25, 0.3) is 0 Å². The summed E-state index contributed by atoms with van der Waals surface area (Å²) in [6.45, 7) is 0.484. The first kappa shape index (κ1) is 12.7. The van der Waals surface area contributed by atoms with Crippen molar-refractivity contribution < 1.29 is 13.2 Å². The number of aromatic nitrogens is 3. The molecular weight excluding hydrogens is 265 g/mol. The molecule has 2 aromatic heterocycles. The van der Waals surface area contributed by atoms with Gasteiger partial charge in [-0.15, -0.1) is 0 Å². The van der Waals surface area contributed by atoms with Gasteiger partial charge in [0, 0.05) is 30.5 Å². The highest BCUT2D eigenvalue weighted by atomic mass is 32.1. The van der Waals surface area contributed by atoms with E-state index in [2.05, 4.69) is 19.7 Å². The van der Waals surface area contributed by atoms with Crippen molar-refractivity contribution in [2.45, 2.75) is 12.6 Å². The molecule has 0 spiro atoms. The zero-order chi connectivity index (χ0) is 13.0. The third-order valence-corrected chi connectivity index (χ3v) is 2.77. The number of hydrogen-bond donors (Lipinski definition) is 1. The number of nitrogens with one attached hydrogen (secondary N) is 1. The van der Waals surface area contributed by atoms with Crippen molar-refractivity contribution in [3.63, 3.8) is 0 Å². The third kappa shape index (κ3) is 3.39. The zero-order valence-corrected chi connectivity index (χ0v) is 9.92. The molecule has 4 nitrogen and oxygen atoms in total. The molecule has 1 N–H and O–H groups in total. The minimum atomic E-state index is -4.49. The lowest BCUT2D eigenvalue weighted by atomic mass is 10.2. The molecule has 0 radical (unpaired) electrons. The number of anilines is 1. The highest BCUT2D eigenvalue weighted by molar-refractivity contribution is 7.09. The molecular formula is C10H9F3N4S. The summed E-state index contributed by atoms with van der Waals surface area (Å²) in [7, 11) is 0. The van der Waals surface area contributed by atoms with E-state index in [1.54, 1.807) is 12.4 Å². The normalized spacial score (nSPS) is 11.5. The monoisotopic (exact) mass is 274 g/mol. The molecule has 0 saturated carbocycles. The van der Waals surface area contributed by atoms with Gasteiger partial charge < -0.3 is 5.32 Å². The second-order valence-corrected chi connectivity index (χ2v) is 4.21. The molecule has 2 heterocycles. The molecule has 2 rings (SSSR count). The minimum absolute atomic E-state index is 0.172. The van der Waals surface area contributed by atoms with Crippen LogP contribution in [0.15, 0.2) is 24.5 Å². The summed E-state index contributed by atoms with van der Waals surface area (Å²) >= 11 is 0.704. The molecule has 0 bridgehead atoms. The molecule has 0 fully saturated rings. The van der Waals surface area contributed by atoms with E-state index in [0.717, 1.165) is 5.56 Å². The SMILES string of the molecule is FC(F)(F)c1nsc(NCCc2cccnc2)n1. The predicted octanol–water partition coefficient (Wildman–Crippen LogP) is 2.61. The lowest BCUT2D eigenvalue weighted by Crippen LogP contribution is -2.08. The van der Waals surface area contributed by atoms with Crippen LogP contribution in [-0.2, 0) is 12.6 Å². The van der Waals surface area contributed by atoms with Gasteiger partial charge in [0.1, 0.15) is 0 Å². The number of alkyl halides is 3. The minimum Gasteiger partial charge on any atom is -0.360 e. The standard InChI is InChI=1S/C10H9F3N4S/c11-10(12,13)8-16-9(18-17-8)15-5-3-7-2-1-4-14-6-7/h1-2,4,6H,3,5H2,(H,15,16,17). The fraction of sp³-hybridized carbons (Fsp3) is 0.300. The fourth-order valence-corrected chi connectivity index (χ4v) is 1.88. The van der Waals surface area contributed by atoms with Gasteiger partial charge in [-0.25, -0.2) is 0 Å². The molecule has 0 aliphatic heterocycles. The van der Waals surface area contributed by atoms with Gasteiger partial charge in [0.25, 0.3) is 0 Å². The highest BCUT2D eigenvalue weighted by Gasteiger charge is 2.36. The zero-order valence-electron chi connectivity index (χ0n) is 9.11. The number of halogens is 3. The average Bonchev–Trinajstić information content (AvgIpc) is 2.79. The summed E-state index contributed by atoms with van der Waals surface area (Å²) in [6, 6.07) is 3.71. The van der Waals surface area contributed by atoms with Crippen molar-refractivity contribution in [3.8, 4) is 0 Å². The molecule has 0 unspecified atom stereocenters. The van der Waals surface area contributed by atoms with Crippen LogP contribution in [0.4, 0.5) is 18.3 Å². The topological polar surface area (TPSA) is 50.7 Å². The van der Waals surface area contributed by atoms with Crippen LogP contribution in [0.1, 0.15) is 11.4 Å².